The second kappa shape index (κ2) is 8.10. The number of nitrogens with one attached hydrogen (secondary N) is 2. The van der Waals surface area contributed by atoms with Crippen molar-refractivity contribution < 1.29 is 9.53 Å². The highest BCUT2D eigenvalue weighted by molar-refractivity contribution is 5.73. The van der Waals surface area contributed by atoms with Crippen LogP contribution in [0, 0.1) is 5.92 Å². The minimum Gasteiger partial charge on any atom is -0.376 e. The van der Waals surface area contributed by atoms with E-state index in [-0.39, 0.29) is 12.1 Å². The van der Waals surface area contributed by atoms with Crippen molar-refractivity contribution in [3.63, 3.8) is 0 Å². The molecule has 23 heavy (non-hydrogen) atoms. The van der Waals surface area contributed by atoms with E-state index in [0.717, 1.165) is 57.7 Å². The highest BCUT2D eigenvalue weighted by atomic mass is 16.5. The van der Waals surface area contributed by atoms with Gasteiger partial charge >= 0.3 is 6.03 Å². The minimum absolute atomic E-state index is 0.0862. The van der Waals surface area contributed by atoms with Crippen LogP contribution >= 0.6 is 0 Å². The molecule has 3 rings (SSSR count). The predicted molar refractivity (Wildman–Crippen MR) is 87.3 cm³/mol. The molecule has 2 amide bonds. The summed E-state index contributed by atoms with van der Waals surface area (Å²) in [5, 5.41) is 5.87. The Bertz CT molecular complexity index is 485. The first-order valence-corrected chi connectivity index (χ1v) is 8.45. The fraction of sp³-hybridized carbons (Fsp3) is 0.688. The molecule has 126 valence electrons. The molecule has 2 aliphatic heterocycles. The Labute approximate surface area is 136 Å². The predicted octanol–water partition coefficient (Wildman–Crippen LogP) is 1.17. The molecule has 0 saturated carbocycles. The van der Waals surface area contributed by atoms with E-state index in [9.17, 15) is 4.79 Å². The van der Waals surface area contributed by atoms with Crippen LogP contribution in [0.15, 0.2) is 18.6 Å². The van der Waals surface area contributed by atoms with E-state index in [1.165, 1.54) is 0 Å². The number of hydrogen-bond acceptors (Lipinski definition) is 5. The number of hydrogen-bond donors (Lipinski definition) is 2. The average Bonchev–Trinajstić information content (AvgIpc) is 3.13. The third-order valence-corrected chi connectivity index (χ3v) is 4.55. The van der Waals surface area contributed by atoms with Gasteiger partial charge in [-0.2, -0.15) is 0 Å². The lowest BCUT2D eigenvalue weighted by Crippen LogP contribution is -2.43. The maximum Gasteiger partial charge on any atom is 0.314 e. The first kappa shape index (κ1) is 16.0. The summed E-state index contributed by atoms with van der Waals surface area (Å²) in [6, 6.07) is -0.0862. The van der Waals surface area contributed by atoms with Crippen LogP contribution in [-0.4, -0.2) is 54.9 Å². The Morgan fingerprint density at radius 2 is 2.04 bits per heavy atom. The third-order valence-electron chi connectivity index (χ3n) is 4.55. The van der Waals surface area contributed by atoms with Crippen molar-refractivity contribution in [2.24, 2.45) is 5.92 Å². The largest absolute Gasteiger partial charge is 0.376 e. The number of rotatable bonds is 5. The van der Waals surface area contributed by atoms with E-state index in [0.29, 0.717) is 12.5 Å². The van der Waals surface area contributed by atoms with Gasteiger partial charge in [0.2, 0.25) is 0 Å². The number of carbonyl (C=O) groups excluding carboxylic acids is 1. The van der Waals surface area contributed by atoms with E-state index in [4.69, 9.17) is 4.74 Å². The highest BCUT2D eigenvalue weighted by Gasteiger charge is 2.21. The first-order chi connectivity index (χ1) is 11.3. The van der Waals surface area contributed by atoms with Crippen molar-refractivity contribution in [1.82, 2.24) is 20.6 Å². The van der Waals surface area contributed by atoms with Crippen LogP contribution in [0.1, 0.15) is 25.7 Å². The summed E-state index contributed by atoms with van der Waals surface area (Å²) in [6.45, 7) is 4.08. The lowest BCUT2D eigenvalue weighted by atomic mass is 9.97. The highest BCUT2D eigenvalue weighted by Crippen LogP contribution is 2.20. The molecule has 0 spiro atoms. The number of ether oxygens (including phenoxy) is 1. The van der Waals surface area contributed by atoms with Crippen LogP contribution in [0.4, 0.5) is 10.6 Å². The van der Waals surface area contributed by atoms with Gasteiger partial charge in [0.25, 0.3) is 0 Å². The van der Waals surface area contributed by atoms with Crippen LogP contribution in [0.25, 0.3) is 0 Å². The van der Waals surface area contributed by atoms with Gasteiger partial charge in [0.1, 0.15) is 5.82 Å². The monoisotopic (exact) mass is 319 g/mol. The topological polar surface area (TPSA) is 79.4 Å². The smallest absolute Gasteiger partial charge is 0.314 e. The molecule has 7 nitrogen and oxygen atoms in total. The van der Waals surface area contributed by atoms with Crippen LogP contribution in [0.5, 0.6) is 0 Å². The van der Waals surface area contributed by atoms with Crippen LogP contribution in [-0.2, 0) is 4.74 Å². The zero-order valence-corrected chi connectivity index (χ0v) is 13.4. The molecule has 7 heteroatoms. The summed E-state index contributed by atoms with van der Waals surface area (Å²) in [4.78, 5) is 22.5. The molecule has 0 aliphatic carbocycles. The van der Waals surface area contributed by atoms with Crippen molar-refractivity contribution in [3.8, 4) is 0 Å². The number of urea groups is 1. The van der Waals surface area contributed by atoms with Crippen LogP contribution in [0.2, 0.25) is 0 Å². The Balaban J connectivity index is 1.32. The van der Waals surface area contributed by atoms with Gasteiger partial charge in [-0.05, 0) is 31.6 Å². The summed E-state index contributed by atoms with van der Waals surface area (Å²) >= 11 is 0. The molecule has 0 bridgehead atoms. The van der Waals surface area contributed by atoms with Gasteiger partial charge in [-0.25, -0.2) is 9.78 Å². The van der Waals surface area contributed by atoms with Crippen molar-refractivity contribution in [2.45, 2.75) is 31.8 Å². The second-order valence-electron chi connectivity index (χ2n) is 6.22. The standard InChI is InChI=1S/C16H25N5O2/c22-16(20-11-14-2-1-9-23-14)19-10-13-3-7-21(8-4-13)15-12-17-5-6-18-15/h5-6,12-14H,1-4,7-11H2,(H2,19,20,22). The molecule has 3 heterocycles. The maximum absolute atomic E-state index is 11.8. The van der Waals surface area contributed by atoms with E-state index < -0.39 is 0 Å². The Hall–Kier alpha value is -1.89. The van der Waals surface area contributed by atoms with Gasteiger partial charge < -0.3 is 20.3 Å². The number of nitrogens with zero attached hydrogens (tertiary/aromatic N) is 3. The fourth-order valence-corrected chi connectivity index (χ4v) is 3.13. The van der Waals surface area contributed by atoms with E-state index in [1.54, 1.807) is 18.6 Å². The van der Waals surface area contributed by atoms with E-state index >= 15 is 0 Å². The van der Waals surface area contributed by atoms with Crippen LogP contribution in [0.3, 0.4) is 0 Å². The summed E-state index contributed by atoms with van der Waals surface area (Å²) in [7, 11) is 0. The molecule has 2 N–H and O–H groups in total. The minimum atomic E-state index is -0.0862. The van der Waals surface area contributed by atoms with Gasteiger partial charge in [-0.1, -0.05) is 0 Å². The lowest BCUT2D eigenvalue weighted by Gasteiger charge is -2.32. The normalized spacial score (nSPS) is 22.1. The molecule has 0 radical (unpaired) electrons. The summed E-state index contributed by atoms with van der Waals surface area (Å²) in [5.74, 6) is 1.46. The molecule has 1 aromatic heterocycles. The number of amides is 2. The summed E-state index contributed by atoms with van der Waals surface area (Å²) < 4.78 is 5.49. The molecule has 0 aromatic carbocycles. The van der Waals surface area contributed by atoms with E-state index in [2.05, 4.69) is 25.5 Å². The van der Waals surface area contributed by atoms with Crippen LogP contribution < -0.4 is 15.5 Å². The van der Waals surface area contributed by atoms with Gasteiger partial charge in [-0.3, -0.25) is 4.98 Å². The molecule has 1 aromatic rings. The lowest BCUT2D eigenvalue weighted by molar-refractivity contribution is 0.111. The Morgan fingerprint density at radius 1 is 1.22 bits per heavy atom. The van der Waals surface area contributed by atoms with Crippen molar-refractivity contribution in [1.29, 1.82) is 0 Å². The van der Waals surface area contributed by atoms with Gasteiger partial charge in [0.15, 0.2) is 0 Å². The molecule has 2 saturated heterocycles. The Kier molecular flexibility index (Phi) is 5.63. The molecule has 2 aliphatic rings. The Morgan fingerprint density at radius 3 is 2.74 bits per heavy atom. The molecule has 1 unspecified atom stereocenters. The fourth-order valence-electron chi connectivity index (χ4n) is 3.13. The zero-order chi connectivity index (χ0) is 15.9. The van der Waals surface area contributed by atoms with Crippen molar-refractivity contribution in [3.05, 3.63) is 18.6 Å². The molecule has 1 atom stereocenters. The first-order valence-electron chi connectivity index (χ1n) is 8.45. The van der Waals surface area contributed by atoms with E-state index in [1.807, 2.05) is 0 Å². The molecular formula is C16H25N5O2. The van der Waals surface area contributed by atoms with Crippen molar-refractivity contribution in [2.75, 3.05) is 37.7 Å². The second-order valence-corrected chi connectivity index (χ2v) is 6.22. The van der Waals surface area contributed by atoms with Gasteiger partial charge in [0.05, 0.1) is 12.3 Å². The molecule has 2 fully saturated rings. The number of aromatic nitrogens is 2. The third kappa shape index (κ3) is 4.79. The number of piperidine rings is 1. The van der Waals surface area contributed by atoms with Crippen molar-refractivity contribution >= 4 is 11.8 Å². The number of anilines is 1. The van der Waals surface area contributed by atoms with Gasteiger partial charge in [0, 0.05) is 45.2 Å². The average molecular weight is 319 g/mol. The summed E-state index contributed by atoms with van der Waals surface area (Å²) in [5.41, 5.74) is 0. The zero-order valence-electron chi connectivity index (χ0n) is 13.4. The quantitative estimate of drug-likeness (QED) is 0.852. The molecular weight excluding hydrogens is 294 g/mol. The SMILES string of the molecule is O=C(NCC1CCN(c2cnccn2)CC1)NCC1CCCO1. The number of carbonyl (C=O) groups is 1. The maximum atomic E-state index is 11.8. The summed E-state index contributed by atoms with van der Waals surface area (Å²) in [6.07, 6.45) is 9.66. The van der Waals surface area contributed by atoms with Gasteiger partial charge in [-0.15, -0.1) is 0 Å².